The summed E-state index contributed by atoms with van der Waals surface area (Å²) in [6, 6.07) is 5.35. The Morgan fingerprint density at radius 2 is 1.83 bits per heavy atom. The lowest BCUT2D eigenvalue weighted by Crippen LogP contribution is -2.52. The number of amidine groups is 1. The van der Waals surface area contributed by atoms with Crippen LogP contribution < -0.4 is 5.32 Å². The zero-order chi connectivity index (χ0) is 25.9. The normalized spacial score (nSPS) is 22.2. The molecule has 1 aliphatic carbocycles. The molecule has 1 aromatic heterocycles. The van der Waals surface area contributed by atoms with Crippen LogP contribution >= 0.6 is 23.2 Å². The Morgan fingerprint density at radius 3 is 2.42 bits per heavy atom. The van der Waals surface area contributed by atoms with Gasteiger partial charge < -0.3 is 15.1 Å². The van der Waals surface area contributed by atoms with Gasteiger partial charge >= 0.3 is 6.18 Å². The van der Waals surface area contributed by atoms with Crippen molar-refractivity contribution < 1.29 is 27.2 Å². The summed E-state index contributed by atoms with van der Waals surface area (Å²) in [7, 11) is 0. The molecule has 7 nitrogen and oxygen atoms in total. The van der Waals surface area contributed by atoms with Gasteiger partial charge in [-0.15, -0.1) is 0 Å². The number of rotatable bonds is 3. The number of fused-ring (bicyclic) bond motifs is 1. The molecule has 1 N–H and O–H groups in total. The van der Waals surface area contributed by atoms with Crippen LogP contribution in [0.5, 0.6) is 0 Å². The van der Waals surface area contributed by atoms with Crippen LogP contribution in [-0.2, 0) is 23.5 Å². The van der Waals surface area contributed by atoms with Crippen molar-refractivity contribution in [3.05, 3.63) is 62.6 Å². The van der Waals surface area contributed by atoms with Crippen molar-refractivity contribution in [2.24, 2.45) is 5.16 Å². The van der Waals surface area contributed by atoms with Gasteiger partial charge in [-0.3, -0.25) is 9.78 Å². The third kappa shape index (κ3) is 3.92. The number of hydrogen-bond donors (Lipinski definition) is 1. The Hall–Kier alpha value is -3.10. The number of halogens is 6. The molecule has 1 saturated carbocycles. The molecular weight excluding hydrogens is 525 g/mol. The molecule has 3 heterocycles. The van der Waals surface area contributed by atoms with Gasteiger partial charge in [-0.25, -0.2) is 4.39 Å². The first kappa shape index (κ1) is 24.6. The Bertz CT molecular complexity index is 1320. The van der Waals surface area contributed by atoms with Gasteiger partial charge in [0.1, 0.15) is 17.1 Å². The number of carbonyl (C=O) groups excluding carboxylic acids is 1. The van der Waals surface area contributed by atoms with Gasteiger partial charge in [0.15, 0.2) is 5.82 Å². The number of amides is 1. The van der Waals surface area contributed by atoms with E-state index in [1.54, 1.807) is 11.0 Å². The lowest BCUT2D eigenvalue weighted by Gasteiger charge is -2.35. The van der Waals surface area contributed by atoms with Crippen molar-refractivity contribution in [1.82, 2.24) is 15.2 Å². The molecule has 13 heteroatoms. The third-order valence-corrected chi connectivity index (χ3v) is 7.35. The average molecular weight is 542 g/mol. The Labute approximate surface area is 212 Å². The van der Waals surface area contributed by atoms with Crippen LogP contribution in [0.3, 0.4) is 0 Å². The maximum absolute atomic E-state index is 14.3. The zero-order valence-electron chi connectivity index (χ0n) is 18.4. The molecule has 0 spiro atoms. The molecule has 188 valence electrons. The highest BCUT2D eigenvalue weighted by Gasteiger charge is 2.63. The molecular formula is C23H17Cl2F4N5O2. The monoisotopic (exact) mass is 541 g/mol. The van der Waals surface area contributed by atoms with E-state index >= 15 is 0 Å². The number of aromatic nitrogens is 1. The van der Waals surface area contributed by atoms with Crippen molar-refractivity contribution >= 4 is 34.9 Å². The fourth-order valence-corrected chi connectivity index (χ4v) is 5.00. The zero-order valence-corrected chi connectivity index (χ0v) is 19.9. The van der Waals surface area contributed by atoms with Gasteiger partial charge in [-0.05, 0) is 48.6 Å². The Morgan fingerprint density at radius 1 is 1.17 bits per heavy atom. The molecule has 1 fully saturated rings. The number of carbonyl (C=O) groups is 1. The maximum atomic E-state index is 14.3. The van der Waals surface area contributed by atoms with E-state index in [1.807, 2.05) is 0 Å². The number of hydrogen-bond acceptors (Lipinski definition) is 6. The van der Waals surface area contributed by atoms with E-state index in [0.29, 0.717) is 24.0 Å². The second-order valence-corrected chi connectivity index (χ2v) is 9.86. The van der Waals surface area contributed by atoms with Crippen molar-refractivity contribution in [3.8, 4) is 6.07 Å². The van der Waals surface area contributed by atoms with E-state index in [4.69, 9.17) is 28.0 Å². The molecule has 3 aliphatic rings. The fraction of sp³-hybridized carbons (Fsp3) is 0.391. The molecule has 1 amide bonds. The molecule has 2 aliphatic heterocycles. The molecule has 2 aromatic rings. The minimum atomic E-state index is -4.92. The van der Waals surface area contributed by atoms with E-state index in [9.17, 15) is 27.6 Å². The highest BCUT2D eigenvalue weighted by atomic mass is 35.5. The standard InChI is InChI=1S/C23H17Cl2F4N5O2/c24-15-5-14(6-16(25)19(15)26)22(23(27,28)29)7-18(33-36-22)34-9-12-4-17(31-8-13(12)10-34)20(35)32-21(11-30)2-1-3-21/h4-6,8H,1-3,7,9-10H2,(H,32,35). The van der Waals surface area contributed by atoms with Crippen LogP contribution in [0.15, 0.2) is 29.6 Å². The predicted octanol–water partition coefficient (Wildman–Crippen LogP) is 5.21. The summed E-state index contributed by atoms with van der Waals surface area (Å²) in [5, 5.41) is 14.6. The summed E-state index contributed by atoms with van der Waals surface area (Å²) in [4.78, 5) is 23.4. The second-order valence-electron chi connectivity index (χ2n) is 9.05. The van der Waals surface area contributed by atoms with E-state index in [0.717, 1.165) is 18.6 Å². The highest BCUT2D eigenvalue weighted by molar-refractivity contribution is 6.35. The second kappa shape index (κ2) is 8.49. The van der Waals surface area contributed by atoms with Gasteiger partial charge in [-0.2, -0.15) is 18.4 Å². The summed E-state index contributed by atoms with van der Waals surface area (Å²) < 4.78 is 56.6. The van der Waals surface area contributed by atoms with Crippen LogP contribution in [-0.4, -0.2) is 33.3 Å². The first-order valence-corrected chi connectivity index (χ1v) is 11.7. The molecule has 1 unspecified atom stereocenters. The number of nitrogens with one attached hydrogen (secondary N) is 1. The van der Waals surface area contributed by atoms with Crippen LogP contribution in [0, 0.1) is 17.1 Å². The highest BCUT2D eigenvalue weighted by Crippen LogP contribution is 2.50. The molecule has 5 rings (SSSR count). The van der Waals surface area contributed by atoms with Crippen molar-refractivity contribution in [2.75, 3.05) is 0 Å². The largest absolute Gasteiger partial charge is 0.435 e. The van der Waals surface area contributed by atoms with Crippen LogP contribution in [0.25, 0.3) is 0 Å². The summed E-state index contributed by atoms with van der Waals surface area (Å²) in [5.74, 6) is -1.50. The Kier molecular flexibility index (Phi) is 5.80. The SMILES string of the molecule is N#CC1(NC(=O)c2cc3c(cn2)CN(C2=NOC(c4cc(Cl)c(F)c(Cl)c4)(C(F)(F)F)C2)C3)CCC1. The topological polar surface area (TPSA) is 90.6 Å². The van der Waals surface area contributed by atoms with Gasteiger partial charge in [0.2, 0.25) is 0 Å². The first-order chi connectivity index (χ1) is 17.0. The summed E-state index contributed by atoms with van der Waals surface area (Å²) >= 11 is 11.5. The molecule has 0 bridgehead atoms. The minimum absolute atomic E-state index is 0.0176. The predicted molar refractivity (Wildman–Crippen MR) is 120 cm³/mol. The van der Waals surface area contributed by atoms with E-state index in [2.05, 4.69) is 21.5 Å². The molecule has 0 radical (unpaired) electrons. The van der Waals surface area contributed by atoms with Gasteiger partial charge in [-0.1, -0.05) is 28.4 Å². The summed E-state index contributed by atoms with van der Waals surface area (Å²) in [6.07, 6.45) is -2.13. The van der Waals surface area contributed by atoms with Crippen molar-refractivity contribution in [3.63, 3.8) is 0 Å². The number of nitrogens with zero attached hydrogens (tertiary/aromatic N) is 4. The Balaban J connectivity index is 1.35. The lowest BCUT2D eigenvalue weighted by molar-refractivity contribution is -0.275. The summed E-state index contributed by atoms with van der Waals surface area (Å²) in [5.41, 5.74) is -2.73. The van der Waals surface area contributed by atoms with Gasteiger partial charge in [0, 0.05) is 24.8 Å². The molecule has 1 atom stereocenters. The smallest absolute Gasteiger partial charge is 0.372 e. The molecule has 1 aromatic carbocycles. The first-order valence-electron chi connectivity index (χ1n) is 10.9. The fourth-order valence-electron chi connectivity index (χ4n) is 4.51. The minimum Gasteiger partial charge on any atom is -0.372 e. The molecule has 0 saturated heterocycles. The van der Waals surface area contributed by atoms with Crippen LogP contribution in [0.2, 0.25) is 10.0 Å². The van der Waals surface area contributed by atoms with Crippen molar-refractivity contribution in [2.45, 2.75) is 56.1 Å². The summed E-state index contributed by atoms with van der Waals surface area (Å²) in [6.45, 7) is 0.371. The van der Waals surface area contributed by atoms with Crippen molar-refractivity contribution in [1.29, 1.82) is 5.26 Å². The number of pyridine rings is 1. The van der Waals surface area contributed by atoms with Gasteiger partial charge in [0.25, 0.3) is 11.5 Å². The van der Waals surface area contributed by atoms with Gasteiger partial charge in [0.05, 0.1) is 22.5 Å². The molecule has 36 heavy (non-hydrogen) atoms. The quantitative estimate of drug-likeness (QED) is 0.425. The number of alkyl halides is 3. The lowest BCUT2D eigenvalue weighted by atomic mass is 9.78. The number of oxime groups is 1. The van der Waals surface area contributed by atoms with Crippen LogP contribution in [0.4, 0.5) is 17.6 Å². The van der Waals surface area contributed by atoms with Crippen LogP contribution in [0.1, 0.15) is 52.9 Å². The maximum Gasteiger partial charge on any atom is 0.435 e. The number of nitriles is 1. The third-order valence-electron chi connectivity index (χ3n) is 6.80. The average Bonchev–Trinajstić information content (AvgIpc) is 3.44. The van der Waals surface area contributed by atoms with E-state index in [-0.39, 0.29) is 24.6 Å². The van der Waals surface area contributed by atoms with E-state index < -0.39 is 51.1 Å². The number of benzene rings is 1. The van der Waals surface area contributed by atoms with E-state index in [1.165, 1.54) is 6.20 Å².